The molecule has 0 radical (unpaired) electrons. The number of aromatic nitrogens is 4. The fourth-order valence-corrected chi connectivity index (χ4v) is 7.13. The van der Waals surface area contributed by atoms with Crippen LogP contribution in [-0.2, 0) is 0 Å². The third-order valence-corrected chi connectivity index (χ3v) is 10.1. The van der Waals surface area contributed by atoms with E-state index in [4.69, 9.17) is 18.9 Å². The first-order valence-electron chi connectivity index (χ1n) is 18.6. The largest absolute Gasteiger partial charge is 0.493 e. The molecular formula is C42H48N8O6. The van der Waals surface area contributed by atoms with Crippen molar-refractivity contribution in [1.29, 1.82) is 0 Å². The third-order valence-electron chi connectivity index (χ3n) is 10.1. The zero-order chi connectivity index (χ0) is 39.4. The van der Waals surface area contributed by atoms with Gasteiger partial charge in [-0.15, -0.1) is 0 Å². The van der Waals surface area contributed by atoms with Gasteiger partial charge in [0.1, 0.15) is 11.3 Å². The molecule has 0 amide bonds. The Balaban J connectivity index is 0.000000172. The van der Waals surface area contributed by atoms with Crippen molar-refractivity contribution < 1.29 is 18.9 Å². The molecule has 2 N–H and O–H groups in total. The highest BCUT2D eigenvalue weighted by Gasteiger charge is 2.26. The van der Waals surface area contributed by atoms with Crippen LogP contribution in [0.2, 0.25) is 0 Å². The van der Waals surface area contributed by atoms with Gasteiger partial charge in [-0.25, -0.2) is 9.97 Å². The number of rotatable bonds is 8. The molecule has 6 heterocycles. The first-order valence-corrected chi connectivity index (χ1v) is 18.6. The van der Waals surface area contributed by atoms with E-state index in [-0.39, 0.29) is 16.7 Å². The minimum Gasteiger partial charge on any atom is -0.493 e. The number of hydrogen-bond acceptors (Lipinski definition) is 12. The van der Waals surface area contributed by atoms with Gasteiger partial charge in [0.25, 0.3) is 11.1 Å². The molecule has 4 aromatic heterocycles. The molecule has 8 rings (SSSR count). The second-order valence-electron chi connectivity index (χ2n) is 14.3. The summed E-state index contributed by atoms with van der Waals surface area (Å²) in [5, 5.41) is 6.84. The third kappa shape index (κ3) is 8.11. The molecule has 2 saturated heterocycles. The van der Waals surface area contributed by atoms with E-state index < -0.39 is 0 Å². The lowest BCUT2D eigenvalue weighted by Gasteiger charge is -2.40. The molecule has 0 bridgehead atoms. The number of piperazine rings is 2. The summed E-state index contributed by atoms with van der Waals surface area (Å²) >= 11 is 0. The topological polar surface area (TPSA) is 136 Å². The molecule has 0 spiro atoms. The van der Waals surface area contributed by atoms with Crippen LogP contribution in [0.4, 0.5) is 11.4 Å². The molecule has 56 heavy (non-hydrogen) atoms. The van der Waals surface area contributed by atoms with E-state index in [1.54, 1.807) is 49.4 Å². The Hall–Kier alpha value is -6.12. The van der Waals surface area contributed by atoms with Crippen molar-refractivity contribution in [2.75, 3.05) is 84.1 Å². The van der Waals surface area contributed by atoms with Gasteiger partial charge in [0, 0.05) is 87.0 Å². The van der Waals surface area contributed by atoms with Crippen molar-refractivity contribution in [1.82, 2.24) is 29.4 Å². The quantitative estimate of drug-likeness (QED) is 0.228. The number of nitrogens with zero attached hydrogens (tertiary/aromatic N) is 6. The molecular weight excluding hydrogens is 713 g/mol. The van der Waals surface area contributed by atoms with E-state index in [1.807, 2.05) is 73.1 Å². The molecule has 292 valence electrons. The highest BCUT2D eigenvalue weighted by atomic mass is 16.5. The summed E-state index contributed by atoms with van der Waals surface area (Å²) in [6.45, 7) is 10.8. The maximum atomic E-state index is 12.8. The molecule has 14 nitrogen and oxygen atoms in total. The number of ether oxygens (including phenoxy) is 4. The number of nitrogens with one attached hydrogen (secondary N) is 2. The van der Waals surface area contributed by atoms with E-state index in [2.05, 4.69) is 44.2 Å². The van der Waals surface area contributed by atoms with E-state index in [0.29, 0.717) is 45.7 Å². The summed E-state index contributed by atoms with van der Waals surface area (Å²) in [6.07, 6.45) is 3.75. The maximum Gasteiger partial charge on any atom is 0.258 e. The fraction of sp³-hybridized carbons (Fsp3) is 0.333. The standard InChI is InChI=1S/C22H26N4O3.C20H22N4O3/c1-22(2)14-25(10-9-23-22)16-6-8-20-24-17(12-21(27)26(20)13-16)15-5-7-18(28-3)19(11-15)29-4;1-26-17-5-3-14(11-18(17)27-2)16-12-20(25)24-13-15(4-6-19(24)22-16)23-9-7-21-8-10-23/h5-8,11-13,23H,9-10,14H2,1-4H3;3-6,11-13,21H,7-10H2,1-2H3. The normalized spacial score (nSPS) is 15.2. The first kappa shape index (κ1) is 38.2. The Labute approximate surface area is 325 Å². The Morgan fingerprint density at radius 3 is 1.50 bits per heavy atom. The Bertz CT molecular complexity index is 2480. The van der Waals surface area contributed by atoms with Gasteiger partial charge in [0.05, 0.1) is 51.2 Å². The van der Waals surface area contributed by atoms with Crippen molar-refractivity contribution in [3.05, 3.63) is 106 Å². The van der Waals surface area contributed by atoms with Crippen LogP contribution in [0.1, 0.15) is 13.8 Å². The van der Waals surface area contributed by atoms with Crippen molar-refractivity contribution >= 4 is 22.7 Å². The van der Waals surface area contributed by atoms with Crippen LogP contribution in [0.3, 0.4) is 0 Å². The van der Waals surface area contributed by atoms with E-state index >= 15 is 0 Å². The smallest absolute Gasteiger partial charge is 0.258 e. The molecule has 2 fully saturated rings. The van der Waals surface area contributed by atoms with Crippen LogP contribution in [-0.4, -0.2) is 98.6 Å². The van der Waals surface area contributed by atoms with Gasteiger partial charge in [-0.3, -0.25) is 18.4 Å². The van der Waals surface area contributed by atoms with Gasteiger partial charge in [-0.05, 0) is 74.5 Å². The van der Waals surface area contributed by atoms with Crippen molar-refractivity contribution in [3.63, 3.8) is 0 Å². The second kappa shape index (κ2) is 16.3. The molecule has 6 aromatic rings. The lowest BCUT2D eigenvalue weighted by molar-refractivity contribution is 0.353. The van der Waals surface area contributed by atoms with Crippen LogP contribution < -0.4 is 50.5 Å². The lowest BCUT2D eigenvalue weighted by atomic mass is 10.0. The highest BCUT2D eigenvalue weighted by Crippen LogP contribution is 2.33. The van der Waals surface area contributed by atoms with Gasteiger partial charge >= 0.3 is 0 Å². The predicted molar refractivity (Wildman–Crippen MR) is 219 cm³/mol. The molecule has 0 unspecified atom stereocenters. The maximum absolute atomic E-state index is 12.8. The zero-order valence-corrected chi connectivity index (χ0v) is 32.7. The Morgan fingerprint density at radius 1 is 0.571 bits per heavy atom. The van der Waals surface area contributed by atoms with Crippen LogP contribution in [0.5, 0.6) is 23.0 Å². The SMILES string of the molecule is COc1ccc(-c2cc(=O)n3cc(N4CCNC(C)(C)C4)ccc3n2)cc1OC.COc1ccc(-c2cc(=O)n3cc(N4CCNCC4)ccc3n2)cc1OC. The number of anilines is 2. The fourth-order valence-electron chi connectivity index (χ4n) is 7.13. The first-order chi connectivity index (χ1) is 27.1. The Morgan fingerprint density at radius 2 is 1.04 bits per heavy atom. The summed E-state index contributed by atoms with van der Waals surface area (Å²) in [5.41, 5.74) is 5.91. The minimum absolute atomic E-state index is 0.0354. The van der Waals surface area contributed by atoms with Gasteiger partial charge in [-0.2, -0.15) is 0 Å². The average molecular weight is 761 g/mol. The minimum atomic E-state index is -0.115. The highest BCUT2D eigenvalue weighted by molar-refractivity contribution is 5.67. The van der Waals surface area contributed by atoms with E-state index in [1.165, 1.54) is 0 Å². The van der Waals surface area contributed by atoms with Gasteiger partial charge in [-0.1, -0.05) is 0 Å². The van der Waals surface area contributed by atoms with Crippen LogP contribution in [0.15, 0.2) is 94.8 Å². The van der Waals surface area contributed by atoms with Crippen LogP contribution >= 0.6 is 0 Å². The molecule has 2 aliphatic heterocycles. The summed E-state index contributed by atoms with van der Waals surface area (Å²) in [5.74, 6) is 2.48. The van der Waals surface area contributed by atoms with Gasteiger partial charge in [0.15, 0.2) is 23.0 Å². The summed E-state index contributed by atoms with van der Waals surface area (Å²) in [6, 6.07) is 22.0. The predicted octanol–water partition coefficient (Wildman–Crippen LogP) is 4.36. The van der Waals surface area contributed by atoms with E-state index in [9.17, 15) is 9.59 Å². The number of methoxy groups -OCH3 is 4. The van der Waals surface area contributed by atoms with Crippen molar-refractivity contribution in [3.8, 4) is 45.5 Å². The van der Waals surface area contributed by atoms with Crippen molar-refractivity contribution in [2.45, 2.75) is 19.4 Å². The number of hydrogen-bond donors (Lipinski definition) is 2. The van der Waals surface area contributed by atoms with Crippen LogP contribution in [0.25, 0.3) is 33.8 Å². The molecule has 0 aliphatic carbocycles. The molecule has 0 saturated carbocycles. The lowest BCUT2D eigenvalue weighted by Crippen LogP contribution is -2.57. The molecule has 2 aromatic carbocycles. The molecule has 14 heteroatoms. The summed E-state index contributed by atoms with van der Waals surface area (Å²) in [7, 11) is 6.36. The number of pyridine rings is 2. The Kier molecular flexibility index (Phi) is 11.1. The number of benzene rings is 2. The monoisotopic (exact) mass is 760 g/mol. The van der Waals surface area contributed by atoms with Crippen LogP contribution in [0, 0.1) is 0 Å². The molecule has 2 aliphatic rings. The van der Waals surface area contributed by atoms with Gasteiger partial charge in [0.2, 0.25) is 0 Å². The average Bonchev–Trinajstić information content (AvgIpc) is 3.23. The number of fused-ring (bicyclic) bond motifs is 2. The zero-order valence-electron chi connectivity index (χ0n) is 32.7. The van der Waals surface area contributed by atoms with Gasteiger partial charge < -0.3 is 39.4 Å². The second-order valence-corrected chi connectivity index (χ2v) is 14.3. The molecule has 0 atom stereocenters. The van der Waals surface area contributed by atoms with E-state index in [0.717, 1.165) is 68.3 Å². The summed E-state index contributed by atoms with van der Waals surface area (Å²) < 4.78 is 24.5. The summed E-state index contributed by atoms with van der Waals surface area (Å²) in [4.78, 5) is 39.5. The van der Waals surface area contributed by atoms with Crippen molar-refractivity contribution in [2.24, 2.45) is 0 Å².